The number of anilines is 1. The van der Waals surface area contributed by atoms with Gasteiger partial charge in [-0.05, 0) is 28.1 Å². The molecule has 3 N–H and O–H groups in total. The third-order valence-corrected chi connectivity index (χ3v) is 3.37. The first-order valence-corrected chi connectivity index (χ1v) is 6.93. The Hall–Kier alpha value is -1.99. The highest BCUT2D eigenvalue weighted by Crippen LogP contribution is 2.20. The fourth-order valence-corrected chi connectivity index (χ4v) is 2.21. The highest BCUT2D eigenvalue weighted by molar-refractivity contribution is 9.10. The summed E-state index contributed by atoms with van der Waals surface area (Å²) >= 11 is 3.26. The van der Waals surface area contributed by atoms with Crippen LogP contribution in [-0.4, -0.2) is 22.8 Å². The standard InChI is InChI=1S/C14H14BrFN4O/c1-20(8-9-4-2-3-5-12(9)16)14(21)11-6-10(15)7-18-13(11)19-17/h2-7H,8,17H2,1H3,(H,18,19). The summed E-state index contributed by atoms with van der Waals surface area (Å²) in [6.45, 7) is 0.155. The second-order valence-electron chi connectivity index (χ2n) is 4.45. The Labute approximate surface area is 130 Å². The number of amides is 1. The van der Waals surface area contributed by atoms with E-state index in [1.807, 2.05) is 0 Å². The van der Waals surface area contributed by atoms with Gasteiger partial charge in [0.1, 0.15) is 5.82 Å². The number of nitrogen functional groups attached to an aromatic ring is 1. The van der Waals surface area contributed by atoms with Gasteiger partial charge in [0.15, 0.2) is 5.82 Å². The predicted octanol–water partition coefficient (Wildman–Crippen LogP) is 2.54. The first-order valence-electron chi connectivity index (χ1n) is 6.14. The molecular formula is C14H14BrFN4O. The van der Waals surface area contributed by atoms with Crippen LogP contribution in [0.1, 0.15) is 15.9 Å². The van der Waals surface area contributed by atoms with Gasteiger partial charge in [-0.2, -0.15) is 0 Å². The van der Waals surface area contributed by atoms with Gasteiger partial charge >= 0.3 is 0 Å². The zero-order valence-electron chi connectivity index (χ0n) is 11.3. The number of nitrogens with one attached hydrogen (secondary N) is 1. The summed E-state index contributed by atoms with van der Waals surface area (Å²) < 4.78 is 14.3. The summed E-state index contributed by atoms with van der Waals surface area (Å²) in [5.41, 5.74) is 3.13. The van der Waals surface area contributed by atoms with Gasteiger partial charge in [0.2, 0.25) is 0 Å². The van der Waals surface area contributed by atoms with Gasteiger partial charge in [0, 0.05) is 29.8 Å². The second kappa shape index (κ2) is 6.64. The van der Waals surface area contributed by atoms with Crippen molar-refractivity contribution in [3.05, 3.63) is 57.9 Å². The molecule has 0 atom stereocenters. The lowest BCUT2D eigenvalue weighted by Crippen LogP contribution is -2.28. The second-order valence-corrected chi connectivity index (χ2v) is 5.36. The van der Waals surface area contributed by atoms with Crippen LogP contribution in [0.15, 0.2) is 41.0 Å². The largest absolute Gasteiger partial charge is 0.337 e. The molecule has 1 aromatic heterocycles. The fraction of sp³-hybridized carbons (Fsp3) is 0.143. The summed E-state index contributed by atoms with van der Waals surface area (Å²) in [5, 5.41) is 0. The monoisotopic (exact) mass is 352 g/mol. The van der Waals surface area contributed by atoms with Crippen molar-refractivity contribution < 1.29 is 9.18 Å². The number of hydrogen-bond donors (Lipinski definition) is 2. The Morgan fingerprint density at radius 1 is 1.48 bits per heavy atom. The van der Waals surface area contributed by atoms with Gasteiger partial charge in [-0.1, -0.05) is 18.2 Å². The van der Waals surface area contributed by atoms with Crippen molar-refractivity contribution in [1.82, 2.24) is 9.88 Å². The summed E-state index contributed by atoms with van der Waals surface area (Å²) in [6, 6.07) is 7.95. The molecule has 5 nitrogen and oxygen atoms in total. The van der Waals surface area contributed by atoms with E-state index in [2.05, 4.69) is 26.3 Å². The molecule has 0 aliphatic carbocycles. The van der Waals surface area contributed by atoms with Crippen molar-refractivity contribution >= 4 is 27.7 Å². The van der Waals surface area contributed by atoms with E-state index in [1.54, 1.807) is 31.3 Å². The smallest absolute Gasteiger partial charge is 0.257 e. The van der Waals surface area contributed by atoms with Crippen LogP contribution in [0.3, 0.4) is 0 Å². The van der Waals surface area contributed by atoms with Crippen LogP contribution in [0.5, 0.6) is 0 Å². The molecular weight excluding hydrogens is 339 g/mol. The maximum Gasteiger partial charge on any atom is 0.257 e. The van der Waals surface area contributed by atoms with Gasteiger partial charge in [0.25, 0.3) is 5.91 Å². The number of hydrazine groups is 1. The predicted molar refractivity (Wildman–Crippen MR) is 81.9 cm³/mol. The summed E-state index contributed by atoms with van der Waals surface area (Å²) in [4.78, 5) is 17.9. The molecule has 0 spiro atoms. The van der Waals surface area contributed by atoms with Crippen molar-refractivity contribution in [3.63, 3.8) is 0 Å². The van der Waals surface area contributed by atoms with Crippen molar-refractivity contribution in [2.75, 3.05) is 12.5 Å². The fourth-order valence-electron chi connectivity index (χ4n) is 1.88. The van der Waals surface area contributed by atoms with Crippen LogP contribution < -0.4 is 11.3 Å². The van der Waals surface area contributed by atoms with Crippen LogP contribution in [0.2, 0.25) is 0 Å². The number of carbonyl (C=O) groups excluding carboxylic acids is 1. The lowest BCUT2D eigenvalue weighted by Gasteiger charge is -2.19. The lowest BCUT2D eigenvalue weighted by atomic mass is 10.1. The average Bonchev–Trinajstić information content (AvgIpc) is 2.48. The molecule has 7 heteroatoms. The number of pyridine rings is 1. The normalized spacial score (nSPS) is 10.3. The molecule has 21 heavy (non-hydrogen) atoms. The minimum atomic E-state index is -0.346. The first-order chi connectivity index (χ1) is 10.0. The molecule has 0 aliphatic heterocycles. The number of benzene rings is 1. The Kier molecular flexibility index (Phi) is 4.87. The summed E-state index contributed by atoms with van der Waals surface area (Å²) in [5.74, 6) is 4.97. The molecule has 110 valence electrons. The van der Waals surface area contributed by atoms with Crippen LogP contribution in [-0.2, 0) is 6.54 Å². The molecule has 0 radical (unpaired) electrons. The third-order valence-electron chi connectivity index (χ3n) is 2.93. The van der Waals surface area contributed by atoms with Gasteiger partial charge in [-0.25, -0.2) is 15.2 Å². The van der Waals surface area contributed by atoms with Gasteiger partial charge in [-0.3, -0.25) is 4.79 Å². The maximum absolute atomic E-state index is 13.6. The van der Waals surface area contributed by atoms with Gasteiger partial charge in [0.05, 0.1) is 5.56 Å². The number of hydrogen-bond acceptors (Lipinski definition) is 4. The number of carbonyl (C=O) groups is 1. The van der Waals surface area contributed by atoms with E-state index in [0.29, 0.717) is 15.6 Å². The van der Waals surface area contributed by atoms with E-state index in [4.69, 9.17) is 5.84 Å². The van der Waals surface area contributed by atoms with Crippen molar-refractivity contribution in [2.45, 2.75) is 6.54 Å². The maximum atomic E-state index is 13.6. The average molecular weight is 353 g/mol. The molecule has 0 fully saturated rings. The molecule has 2 aromatic rings. The van der Waals surface area contributed by atoms with Crippen molar-refractivity contribution in [2.24, 2.45) is 5.84 Å². The van der Waals surface area contributed by atoms with E-state index in [9.17, 15) is 9.18 Å². The molecule has 2 rings (SSSR count). The zero-order valence-corrected chi connectivity index (χ0v) is 12.9. The van der Waals surface area contributed by atoms with E-state index < -0.39 is 0 Å². The molecule has 0 saturated heterocycles. The van der Waals surface area contributed by atoms with Crippen molar-refractivity contribution in [3.8, 4) is 0 Å². The van der Waals surface area contributed by atoms with Crippen LogP contribution in [0, 0.1) is 5.82 Å². The zero-order chi connectivity index (χ0) is 15.4. The molecule has 1 aromatic carbocycles. The van der Waals surface area contributed by atoms with Crippen LogP contribution >= 0.6 is 15.9 Å². The summed E-state index contributed by atoms with van der Waals surface area (Å²) in [7, 11) is 1.59. The Bertz CT molecular complexity index is 665. The molecule has 0 unspecified atom stereocenters. The number of nitrogens with zero attached hydrogens (tertiary/aromatic N) is 2. The summed E-state index contributed by atoms with van der Waals surface area (Å²) in [6.07, 6.45) is 1.53. The Morgan fingerprint density at radius 3 is 2.86 bits per heavy atom. The molecule has 0 saturated carbocycles. The lowest BCUT2D eigenvalue weighted by molar-refractivity contribution is 0.0784. The van der Waals surface area contributed by atoms with E-state index >= 15 is 0 Å². The topological polar surface area (TPSA) is 71.2 Å². The highest BCUT2D eigenvalue weighted by Gasteiger charge is 2.18. The number of rotatable bonds is 4. The highest BCUT2D eigenvalue weighted by atomic mass is 79.9. The molecule has 0 aliphatic rings. The number of nitrogens with two attached hydrogens (primary N) is 1. The number of halogens is 2. The quantitative estimate of drug-likeness (QED) is 0.655. The molecule has 1 heterocycles. The van der Waals surface area contributed by atoms with E-state index in [1.165, 1.54) is 17.2 Å². The van der Waals surface area contributed by atoms with E-state index in [-0.39, 0.29) is 24.1 Å². The van der Waals surface area contributed by atoms with E-state index in [0.717, 1.165) is 0 Å². The Morgan fingerprint density at radius 2 is 2.19 bits per heavy atom. The minimum absolute atomic E-state index is 0.155. The SMILES string of the molecule is CN(Cc1ccccc1F)C(=O)c1cc(Br)cnc1NN. The van der Waals surface area contributed by atoms with Crippen molar-refractivity contribution in [1.29, 1.82) is 0 Å². The first kappa shape index (κ1) is 15.4. The van der Waals surface area contributed by atoms with Gasteiger partial charge < -0.3 is 10.3 Å². The van der Waals surface area contributed by atoms with Crippen LogP contribution in [0.4, 0.5) is 10.2 Å². The Balaban J connectivity index is 2.24. The van der Waals surface area contributed by atoms with Gasteiger partial charge in [-0.15, -0.1) is 0 Å². The van der Waals surface area contributed by atoms with Crippen LogP contribution in [0.25, 0.3) is 0 Å². The third kappa shape index (κ3) is 3.56. The molecule has 1 amide bonds. The number of aromatic nitrogens is 1. The minimum Gasteiger partial charge on any atom is -0.337 e. The molecule has 0 bridgehead atoms.